The van der Waals surface area contributed by atoms with Crippen LogP contribution in [0, 0.1) is 0 Å². The van der Waals surface area contributed by atoms with E-state index in [1.165, 1.54) is 0 Å². The van der Waals surface area contributed by atoms with Crippen molar-refractivity contribution in [2.45, 2.75) is 6.92 Å². The van der Waals surface area contributed by atoms with E-state index in [2.05, 4.69) is 15.7 Å². The van der Waals surface area contributed by atoms with Crippen LogP contribution in [-0.2, 0) is 10.8 Å². The summed E-state index contributed by atoms with van der Waals surface area (Å²) in [5.74, 6) is 7.20. The van der Waals surface area contributed by atoms with Crippen LogP contribution < -0.4 is 16.6 Å². The minimum absolute atomic E-state index is 0.608. The van der Waals surface area contributed by atoms with Crippen molar-refractivity contribution in [1.29, 1.82) is 0 Å². The zero-order chi connectivity index (χ0) is 11.1. The Kier molecular flexibility index (Phi) is 5.06. The van der Waals surface area contributed by atoms with Crippen LogP contribution in [0.5, 0.6) is 0 Å². The molecule has 0 aliphatic heterocycles. The van der Waals surface area contributed by atoms with Crippen molar-refractivity contribution in [3.8, 4) is 0 Å². The number of hydrogen-bond donors (Lipinski definition) is 3. The van der Waals surface area contributed by atoms with Crippen molar-refractivity contribution in [3.05, 3.63) is 18.3 Å². The van der Waals surface area contributed by atoms with Crippen LogP contribution >= 0.6 is 0 Å². The summed E-state index contributed by atoms with van der Waals surface area (Å²) in [6.07, 6.45) is 1.66. The van der Waals surface area contributed by atoms with Gasteiger partial charge in [-0.3, -0.25) is 4.21 Å². The van der Waals surface area contributed by atoms with Crippen LogP contribution in [0.25, 0.3) is 0 Å². The molecule has 0 saturated heterocycles. The molecule has 1 aromatic heterocycles. The van der Waals surface area contributed by atoms with Crippen molar-refractivity contribution in [1.82, 2.24) is 4.98 Å². The van der Waals surface area contributed by atoms with E-state index in [4.69, 9.17) is 5.84 Å². The fourth-order valence-corrected chi connectivity index (χ4v) is 1.69. The van der Waals surface area contributed by atoms with Crippen molar-refractivity contribution in [3.63, 3.8) is 0 Å². The number of hydrazine groups is 1. The summed E-state index contributed by atoms with van der Waals surface area (Å²) in [7, 11) is -0.726. The van der Waals surface area contributed by atoms with Crippen LogP contribution in [0.1, 0.15) is 6.92 Å². The van der Waals surface area contributed by atoms with Gasteiger partial charge in [0.1, 0.15) is 5.82 Å². The van der Waals surface area contributed by atoms with Crippen molar-refractivity contribution in [2.24, 2.45) is 5.84 Å². The third-order valence-corrected chi connectivity index (χ3v) is 3.19. The molecule has 0 amide bonds. The van der Waals surface area contributed by atoms with Gasteiger partial charge < -0.3 is 10.7 Å². The largest absolute Gasteiger partial charge is 0.384 e. The standard InChI is InChI=1S/C9H16N4OS/c1-2-15(14)6-5-11-8-3-4-12-9(7-8)13-10/h3-4,7H,2,5-6,10H2,1H3,(H2,11,12,13). The number of aromatic nitrogens is 1. The molecule has 1 unspecified atom stereocenters. The molecule has 1 atom stereocenters. The summed E-state index contributed by atoms with van der Waals surface area (Å²) >= 11 is 0. The Balaban J connectivity index is 2.40. The number of rotatable bonds is 6. The van der Waals surface area contributed by atoms with Gasteiger partial charge in [0.05, 0.1) is 0 Å². The lowest BCUT2D eigenvalue weighted by Gasteiger charge is -2.06. The third kappa shape index (κ3) is 4.26. The van der Waals surface area contributed by atoms with E-state index in [1.807, 2.05) is 13.0 Å². The number of nitrogens with one attached hydrogen (secondary N) is 2. The Hall–Kier alpha value is -1.14. The fraction of sp³-hybridized carbons (Fsp3) is 0.444. The summed E-state index contributed by atoms with van der Waals surface area (Å²) in [6.45, 7) is 2.60. The summed E-state index contributed by atoms with van der Waals surface area (Å²) in [4.78, 5) is 3.98. The fourth-order valence-electron chi connectivity index (χ4n) is 1.07. The first-order valence-electron chi connectivity index (χ1n) is 4.77. The lowest BCUT2D eigenvalue weighted by molar-refractivity contribution is 0.684. The van der Waals surface area contributed by atoms with Gasteiger partial charge in [-0.1, -0.05) is 6.92 Å². The Morgan fingerprint density at radius 2 is 2.40 bits per heavy atom. The van der Waals surface area contributed by atoms with E-state index in [1.54, 1.807) is 12.3 Å². The second-order valence-corrected chi connectivity index (χ2v) is 4.80. The Labute approximate surface area is 91.9 Å². The molecular weight excluding hydrogens is 212 g/mol. The van der Waals surface area contributed by atoms with E-state index in [0.717, 1.165) is 5.69 Å². The Morgan fingerprint density at radius 1 is 1.60 bits per heavy atom. The van der Waals surface area contributed by atoms with Crippen molar-refractivity contribution in [2.75, 3.05) is 28.8 Å². The topological polar surface area (TPSA) is 80.0 Å². The smallest absolute Gasteiger partial charge is 0.141 e. The zero-order valence-corrected chi connectivity index (χ0v) is 9.51. The average molecular weight is 228 g/mol. The first-order valence-corrected chi connectivity index (χ1v) is 6.26. The van der Waals surface area contributed by atoms with Gasteiger partial charge in [-0.25, -0.2) is 10.8 Å². The number of nitrogens with two attached hydrogens (primary N) is 1. The molecule has 0 spiro atoms. The molecule has 5 nitrogen and oxygen atoms in total. The summed E-state index contributed by atoms with van der Waals surface area (Å²) in [6, 6.07) is 3.64. The van der Waals surface area contributed by atoms with Gasteiger partial charge in [0.15, 0.2) is 0 Å². The maximum Gasteiger partial charge on any atom is 0.141 e. The van der Waals surface area contributed by atoms with Crippen LogP contribution in [0.2, 0.25) is 0 Å². The van der Waals surface area contributed by atoms with Gasteiger partial charge in [-0.15, -0.1) is 0 Å². The van der Waals surface area contributed by atoms with Gasteiger partial charge in [0.2, 0.25) is 0 Å². The molecule has 1 rings (SSSR count). The number of anilines is 2. The minimum Gasteiger partial charge on any atom is -0.384 e. The monoisotopic (exact) mass is 228 g/mol. The molecule has 4 N–H and O–H groups in total. The van der Waals surface area contributed by atoms with E-state index in [0.29, 0.717) is 23.9 Å². The predicted octanol–water partition coefficient (Wildman–Crippen LogP) is 0.548. The number of nitrogen functional groups attached to an aromatic ring is 1. The molecular formula is C9H16N4OS. The molecule has 0 aliphatic rings. The van der Waals surface area contributed by atoms with Gasteiger partial charge in [-0.2, -0.15) is 0 Å². The van der Waals surface area contributed by atoms with Crippen LogP contribution in [0.3, 0.4) is 0 Å². The molecule has 0 radical (unpaired) electrons. The Morgan fingerprint density at radius 3 is 3.07 bits per heavy atom. The van der Waals surface area contributed by atoms with E-state index in [9.17, 15) is 4.21 Å². The third-order valence-electron chi connectivity index (χ3n) is 1.89. The quantitative estimate of drug-likeness (QED) is 0.489. The normalized spacial score (nSPS) is 12.1. The molecule has 0 aromatic carbocycles. The maximum atomic E-state index is 11.2. The highest BCUT2D eigenvalue weighted by Crippen LogP contribution is 2.09. The van der Waals surface area contributed by atoms with Crippen molar-refractivity contribution < 1.29 is 4.21 Å². The molecule has 0 fully saturated rings. The van der Waals surface area contributed by atoms with Crippen LogP contribution in [0.4, 0.5) is 11.5 Å². The highest BCUT2D eigenvalue weighted by Gasteiger charge is 1.97. The number of nitrogens with zero attached hydrogens (tertiary/aromatic N) is 1. The lowest BCUT2D eigenvalue weighted by atomic mass is 10.4. The average Bonchev–Trinajstić information content (AvgIpc) is 2.29. The molecule has 1 heterocycles. The molecule has 0 bridgehead atoms. The molecule has 6 heteroatoms. The summed E-state index contributed by atoms with van der Waals surface area (Å²) < 4.78 is 11.2. The minimum atomic E-state index is -0.726. The van der Waals surface area contributed by atoms with Crippen LogP contribution in [-0.4, -0.2) is 27.2 Å². The first-order chi connectivity index (χ1) is 7.26. The van der Waals surface area contributed by atoms with Gasteiger partial charge in [0, 0.05) is 46.8 Å². The number of hydrogen-bond acceptors (Lipinski definition) is 5. The van der Waals surface area contributed by atoms with Gasteiger partial charge >= 0.3 is 0 Å². The SMILES string of the molecule is CCS(=O)CCNc1ccnc(NN)c1. The maximum absolute atomic E-state index is 11.2. The highest BCUT2D eigenvalue weighted by molar-refractivity contribution is 7.84. The van der Waals surface area contributed by atoms with E-state index < -0.39 is 10.8 Å². The Bertz CT molecular complexity index is 332. The zero-order valence-electron chi connectivity index (χ0n) is 8.69. The molecule has 1 aromatic rings. The van der Waals surface area contributed by atoms with Crippen LogP contribution in [0.15, 0.2) is 18.3 Å². The van der Waals surface area contributed by atoms with E-state index >= 15 is 0 Å². The summed E-state index contributed by atoms with van der Waals surface area (Å²) in [5, 5.41) is 3.16. The highest BCUT2D eigenvalue weighted by atomic mass is 32.2. The second-order valence-electron chi connectivity index (χ2n) is 2.93. The molecule has 84 valence electrons. The second kappa shape index (κ2) is 6.36. The van der Waals surface area contributed by atoms with Gasteiger partial charge in [0.25, 0.3) is 0 Å². The number of pyridine rings is 1. The van der Waals surface area contributed by atoms with E-state index in [-0.39, 0.29) is 0 Å². The molecule has 0 saturated carbocycles. The van der Waals surface area contributed by atoms with Crippen molar-refractivity contribution >= 4 is 22.3 Å². The first kappa shape index (κ1) is 11.9. The molecule has 0 aliphatic carbocycles. The summed E-state index contributed by atoms with van der Waals surface area (Å²) in [5.41, 5.74) is 3.39. The predicted molar refractivity (Wildman–Crippen MR) is 64.1 cm³/mol. The van der Waals surface area contributed by atoms with Gasteiger partial charge in [-0.05, 0) is 6.07 Å². The lowest BCUT2D eigenvalue weighted by Crippen LogP contribution is -2.13. The molecule has 15 heavy (non-hydrogen) atoms.